The summed E-state index contributed by atoms with van der Waals surface area (Å²) < 4.78 is 7.56. The first-order valence-electron chi connectivity index (χ1n) is 9.98. The Morgan fingerprint density at radius 1 is 1.00 bits per heavy atom. The Morgan fingerprint density at radius 3 is 2.41 bits per heavy atom. The number of aromatic nitrogens is 2. The molecule has 5 nitrogen and oxygen atoms in total. The predicted octanol–water partition coefficient (Wildman–Crippen LogP) is 6.30. The molecule has 3 aromatic carbocycles. The highest BCUT2D eigenvalue weighted by atomic mass is 35.5. The molecule has 1 atom stereocenters. The third-order valence-corrected chi connectivity index (χ3v) is 5.97. The van der Waals surface area contributed by atoms with E-state index in [-0.39, 0.29) is 18.6 Å². The second-order valence-corrected chi connectivity index (χ2v) is 8.53. The number of para-hydroxylation sites is 2. The Kier molecular flexibility index (Phi) is 6.89. The molecule has 164 valence electrons. The van der Waals surface area contributed by atoms with Gasteiger partial charge in [-0.25, -0.2) is 4.98 Å². The van der Waals surface area contributed by atoms with Crippen LogP contribution in [0.25, 0.3) is 11.0 Å². The molecule has 0 fully saturated rings. The first-order valence-corrected chi connectivity index (χ1v) is 11.1. The molecule has 0 saturated heterocycles. The van der Waals surface area contributed by atoms with Crippen LogP contribution in [0, 0.1) is 0 Å². The van der Waals surface area contributed by atoms with Gasteiger partial charge in [0.2, 0.25) is 0 Å². The van der Waals surface area contributed by atoms with Crippen molar-refractivity contribution in [2.45, 2.75) is 19.5 Å². The van der Waals surface area contributed by atoms with Crippen LogP contribution in [0.3, 0.4) is 0 Å². The minimum absolute atomic E-state index is 0.122. The van der Waals surface area contributed by atoms with Gasteiger partial charge in [-0.05, 0) is 55.5 Å². The third-order valence-electron chi connectivity index (χ3n) is 5.01. The summed E-state index contributed by atoms with van der Waals surface area (Å²) in [5, 5.41) is 4.72. The molecule has 0 aliphatic carbocycles. The average Bonchev–Trinajstić information content (AvgIpc) is 3.14. The highest BCUT2D eigenvalue weighted by Crippen LogP contribution is 2.29. The molecule has 32 heavy (non-hydrogen) atoms. The fourth-order valence-electron chi connectivity index (χ4n) is 3.46. The lowest BCUT2D eigenvalue weighted by Gasteiger charge is -2.18. The normalized spacial score (nSPS) is 12.0. The van der Waals surface area contributed by atoms with Gasteiger partial charge in [0.15, 0.2) is 6.61 Å². The predicted molar refractivity (Wildman–Crippen MR) is 129 cm³/mol. The Bertz CT molecular complexity index is 1240. The van der Waals surface area contributed by atoms with Crippen molar-refractivity contribution in [2.75, 3.05) is 6.61 Å². The van der Waals surface area contributed by atoms with Crippen LogP contribution in [-0.2, 0) is 11.3 Å². The number of hydrogen-bond donors (Lipinski definition) is 1. The number of imidazole rings is 1. The van der Waals surface area contributed by atoms with E-state index in [0.29, 0.717) is 33.2 Å². The monoisotopic (exact) mass is 487 g/mol. The van der Waals surface area contributed by atoms with E-state index in [9.17, 15) is 4.79 Å². The van der Waals surface area contributed by atoms with Crippen molar-refractivity contribution >= 4 is 51.7 Å². The number of benzene rings is 3. The number of halogens is 3. The number of amides is 1. The average molecular weight is 489 g/mol. The van der Waals surface area contributed by atoms with Crippen LogP contribution in [0.1, 0.15) is 24.4 Å². The van der Waals surface area contributed by atoms with Crippen LogP contribution in [0.15, 0.2) is 66.7 Å². The first kappa shape index (κ1) is 22.5. The van der Waals surface area contributed by atoms with Gasteiger partial charge in [-0.1, -0.05) is 53.0 Å². The lowest BCUT2D eigenvalue weighted by atomic mass is 10.2. The van der Waals surface area contributed by atoms with Crippen molar-refractivity contribution in [3.05, 3.63) is 93.2 Å². The summed E-state index contributed by atoms with van der Waals surface area (Å²) in [6.07, 6.45) is 0. The van der Waals surface area contributed by atoms with Crippen LogP contribution in [0.2, 0.25) is 15.1 Å². The standard InChI is InChI=1S/C24H20Cl3N3O2/c1-15(28-23(31)14-32-17-11-9-16(25)10-12-17)24-29-21-7-2-3-8-22(21)30(24)13-18-19(26)5-4-6-20(18)27/h2-12,15H,13-14H2,1H3,(H,28,31). The van der Waals surface area contributed by atoms with Gasteiger partial charge >= 0.3 is 0 Å². The molecule has 0 aliphatic rings. The number of hydrogen-bond acceptors (Lipinski definition) is 3. The maximum atomic E-state index is 12.5. The largest absolute Gasteiger partial charge is 0.484 e. The number of carbonyl (C=O) groups excluding carboxylic acids is 1. The second-order valence-electron chi connectivity index (χ2n) is 7.28. The minimum atomic E-state index is -0.370. The van der Waals surface area contributed by atoms with E-state index in [1.165, 1.54) is 0 Å². The number of rotatable bonds is 7. The van der Waals surface area contributed by atoms with Crippen molar-refractivity contribution in [2.24, 2.45) is 0 Å². The maximum Gasteiger partial charge on any atom is 0.258 e. The van der Waals surface area contributed by atoms with Crippen LogP contribution in [0.4, 0.5) is 0 Å². The van der Waals surface area contributed by atoms with E-state index in [4.69, 9.17) is 44.5 Å². The minimum Gasteiger partial charge on any atom is -0.484 e. The van der Waals surface area contributed by atoms with Gasteiger partial charge in [-0.2, -0.15) is 0 Å². The van der Waals surface area contributed by atoms with Crippen molar-refractivity contribution in [1.29, 1.82) is 0 Å². The molecule has 0 bridgehead atoms. The van der Waals surface area contributed by atoms with Crippen LogP contribution in [0.5, 0.6) is 5.75 Å². The molecule has 4 aromatic rings. The molecule has 0 saturated carbocycles. The summed E-state index contributed by atoms with van der Waals surface area (Å²) in [5.41, 5.74) is 2.55. The smallest absolute Gasteiger partial charge is 0.258 e. The molecule has 0 spiro atoms. The Hall–Kier alpha value is -2.73. The number of ether oxygens (including phenoxy) is 1. The number of fused-ring (bicyclic) bond motifs is 1. The molecule has 4 rings (SSSR count). The molecule has 1 heterocycles. The molecule has 0 aliphatic heterocycles. The molecule has 1 N–H and O–H groups in total. The molecule has 1 unspecified atom stereocenters. The van der Waals surface area contributed by atoms with Gasteiger partial charge in [0.25, 0.3) is 5.91 Å². The topological polar surface area (TPSA) is 56.1 Å². The van der Waals surface area contributed by atoms with Crippen LogP contribution in [-0.4, -0.2) is 22.1 Å². The first-order chi connectivity index (χ1) is 15.4. The fourth-order valence-corrected chi connectivity index (χ4v) is 4.10. The summed E-state index contributed by atoms with van der Waals surface area (Å²) in [7, 11) is 0. The summed E-state index contributed by atoms with van der Waals surface area (Å²) in [6, 6.07) is 19.7. The van der Waals surface area contributed by atoms with Gasteiger partial charge in [-0.3, -0.25) is 4.79 Å². The zero-order valence-electron chi connectivity index (χ0n) is 17.2. The van der Waals surface area contributed by atoms with Gasteiger partial charge in [0.1, 0.15) is 11.6 Å². The van der Waals surface area contributed by atoms with E-state index < -0.39 is 0 Å². The van der Waals surface area contributed by atoms with Crippen LogP contribution < -0.4 is 10.1 Å². The van der Waals surface area contributed by atoms with Gasteiger partial charge in [0.05, 0.1) is 23.6 Å². The van der Waals surface area contributed by atoms with Crippen molar-refractivity contribution in [3.8, 4) is 5.75 Å². The number of nitrogens with zero attached hydrogens (tertiary/aromatic N) is 2. The summed E-state index contributed by atoms with van der Waals surface area (Å²) in [6.45, 7) is 2.19. The Balaban J connectivity index is 1.55. The summed E-state index contributed by atoms with van der Waals surface area (Å²) in [5.74, 6) is 1.00. The molecule has 0 radical (unpaired) electrons. The third kappa shape index (κ3) is 5.01. The molecule has 1 aromatic heterocycles. The second kappa shape index (κ2) is 9.82. The van der Waals surface area contributed by atoms with Crippen molar-refractivity contribution in [1.82, 2.24) is 14.9 Å². The zero-order chi connectivity index (χ0) is 22.7. The quantitative estimate of drug-likeness (QED) is 0.332. The molecule has 8 heteroatoms. The highest BCUT2D eigenvalue weighted by Gasteiger charge is 2.20. The van der Waals surface area contributed by atoms with Crippen molar-refractivity contribution < 1.29 is 9.53 Å². The van der Waals surface area contributed by atoms with E-state index in [1.54, 1.807) is 36.4 Å². The van der Waals surface area contributed by atoms with Crippen molar-refractivity contribution in [3.63, 3.8) is 0 Å². The lowest BCUT2D eigenvalue weighted by Crippen LogP contribution is -2.32. The zero-order valence-corrected chi connectivity index (χ0v) is 19.5. The highest BCUT2D eigenvalue weighted by molar-refractivity contribution is 6.36. The van der Waals surface area contributed by atoms with E-state index >= 15 is 0 Å². The lowest BCUT2D eigenvalue weighted by molar-refractivity contribution is -0.123. The maximum absolute atomic E-state index is 12.5. The SMILES string of the molecule is CC(NC(=O)COc1ccc(Cl)cc1)c1nc2ccccc2n1Cc1c(Cl)cccc1Cl. The van der Waals surface area contributed by atoms with Gasteiger partial charge in [-0.15, -0.1) is 0 Å². The fraction of sp³-hybridized carbons (Fsp3) is 0.167. The van der Waals surface area contributed by atoms with E-state index in [2.05, 4.69) is 5.32 Å². The van der Waals surface area contributed by atoms with E-state index in [0.717, 1.165) is 16.6 Å². The molecular weight excluding hydrogens is 469 g/mol. The van der Waals surface area contributed by atoms with Crippen LogP contribution >= 0.6 is 34.8 Å². The Labute approximate surface area is 200 Å². The Morgan fingerprint density at radius 2 is 1.69 bits per heavy atom. The van der Waals surface area contributed by atoms with Gasteiger partial charge < -0.3 is 14.6 Å². The number of carbonyl (C=O) groups is 1. The molecule has 1 amide bonds. The summed E-state index contributed by atoms with van der Waals surface area (Å²) in [4.78, 5) is 17.3. The molecular formula is C24H20Cl3N3O2. The number of nitrogens with one attached hydrogen (secondary N) is 1. The van der Waals surface area contributed by atoms with Gasteiger partial charge in [0, 0.05) is 20.6 Å². The summed E-state index contributed by atoms with van der Waals surface area (Å²) >= 11 is 18.7. The van der Waals surface area contributed by atoms with E-state index in [1.807, 2.05) is 41.8 Å².